The molecule has 2 rings (SSSR count). The highest BCUT2D eigenvalue weighted by atomic mass is 16.5. The Kier molecular flexibility index (Phi) is 3.77. The van der Waals surface area contributed by atoms with Gasteiger partial charge in [0.15, 0.2) is 6.61 Å². The summed E-state index contributed by atoms with van der Waals surface area (Å²) in [7, 11) is 0. The lowest BCUT2D eigenvalue weighted by Gasteiger charge is -2.05. The van der Waals surface area contributed by atoms with Crippen LogP contribution in [-0.2, 0) is 25.5 Å². The first-order valence-corrected chi connectivity index (χ1v) is 5.82. The number of ether oxygens (including phenoxy) is 2. The average Bonchev–Trinajstić information content (AvgIpc) is 2.72. The summed E-state index contributed by atoms with van der Waals surface area (Å²) in [4.78, 5) is 23.3. The standard InChI is InChI=1S/C14H14O4/c1-2-17-14(16)13-11(15)9-18-12(13)8-10-6-4-3-5-7-10/h3-7H,2,8-9H2,1H3. The quantitative estimate of drug-likeness (QED) is 0.598. The lowest BCUT2D eigenvalue weighted by molar-refractivity contribution is -0.139. The lowest BCUT2D eigenvalue weighted by atomic mass is 10.1. The molecule has 0 saturated carbocycles. The first kappa shape index (κ1) is 12.4. The second-order valence-electron chi connectivity index (χ2n) is 3.89. The number of esters is 1. The van der Waals surface area contributed by atoms with E-state index in [1.165, 1.54) is 0 Å². The van der Waals surface area contributed by atoms with Gasteiger partial charge in [0.1, 0.15) is 11.3 Å². The van der Waals surface area contributed by atoms with Crippen molar-refractivity contribution in [2.75, 3.05) is 13.2 Å². The van der Waals surface area contributed by atoms with Crippen molar-refractivity contribution in [2.45, 2.75) is 13.3 Å². The van der Waals surface area contributed by atoms with Gasteiger partial charge in [0.25, 0.3) is 0 Å². The van der Waals surface area contributed by atoms with Crippen molar-refractivity contribution >= 4 is 11.8 Å². The van der Waals surface area contributed by atoms with Crippen LogP contribution in [0.4, 0.5) is 0 Å². The third-order valence-corrected chi connectivity index (χ3v) is 2.62. The summed E-state index contributed by atoms with van der Waals surface area (Å²) in [5.41, 5.74) is 1.05. The van der Waals surface area contributed by atoms with E-state index in [4.69, 9.17) is 9.47 Å². The molecule has 0 aromatic heterocycles. The van der Waals surface area contributed by atoms with Crippen LogP contribution in [0.3, 0.4) is 0 Å². The van der Waals surface area contributed by atoms with E-state index in [9.17, 15) is 9.59 Å². The SMILES string of the molecule is CCOC(=O)C1=C(Cc2ccccc2)OCC1=O. The molecular formula is C14H14O4. The van der Waals surface area contributed by atoms with Crippen LogP contribution in [0.5, 0.6) is 0 Å². The monoisotopic (exact) mass is 246 g/mol. The highest BCUT2D eigenvalue weighted by Crippen LogP contribution is 2.21. The van der Waals surface area contributed by atoms with Gasteiger partial charge in [-0.1, -0.05) is 30.3 Å². The number of ketones is 1. The summed E-state index contributed by atoms with van der Waals surface area (Å²) in [5.74, 6) is -0.491. The Bertz CT molecular complexity index is 488. The van der Waals surface area contributed by atoms with Gasteiger partial charge in [-0.3, -0.25) is 4.79 Å². The van der Waals surface area contributed by atoms with Gasteiger partial charge in [0, 0.05) is 6.42 Å². The van der Waals surface area contributed by atoms with E-state index in [1.54, 1.807) is 6.92 Å². The van der Waals surface area contributed by atoms with E-state index in [0.29, 0.717) is 12.2 Å². The average molecular weight is 246 g/mol. The summed E-state index contributed by atoms with van der Waals surface area (Å²) in [5, 5.41) is 0. The lowest BCUT2D eigenvalue weighted by Crippen LogP contribution is -2.15. The Morgan fingerprint density at radius 3 is 2.72 bits per heavy atom. The molecule has 0 N–H and O–H groups in total. The Hall–Kier alpha value is -2.10. The number of hydrogen-bond donors (Lipinski definition) is 0. The van der Waals surface area contributed by atoms with E-state index >= 15 is 0 Å². The van der Waals surface area contributed by atoms with Gasteiger partial charge >= 0.3 is 5.97 Å². The zero-order chi connectivity index (χ0) is 13.0. The van der Waals surface area contributed by atoms with Crippen molar-refractivity contribution in [1.82, 2.24) is 0 Å². The molecular weight excluding hydrogens is 232 g/mol. The normalized spacial score (nSPS) is 14.6. The van der Waals surface area contributed by atoms with Crippen molar-refractivity contribution in [3.63, 3.8) is 0 Å². The van der Waals surface area contributed by atoms with Crippen LogP contribution in [-0.4, -0.2) is 25.0 Å². The van der Waals surface area contributed by atoms with Gasteiger partial charge in [0.05, 0.1) is 6.61 Å². The third kappa shape index (κ3) is 2.59. The number of carbonyl (C=O) groups excluding carboxylic acids is 2. The molecule has 0 aliphatic carbocycles. The van der Waals surface area contributed by atoms with Gasteiger partial charge < -0.3 is 9.47 Å². The van der Waals surface area contributed by atoms with Crippen LogP contribution in [0.15, 0.2) is 41.7 Å². The molecule has 0 atom stereocenters. The molecule has 0 bridgehead atoms. The minimum atomic E-state index is -0.592. The number of hydrogen-bond acceptors (Lipinski definition) is 4. The molecule has 0 saturated heterocycles. The largest absolute Gasteiger partial charge is 0.488 e. The maximum Gasteiger partial charge on any atom is 0.345 e. The summed E-state index contributed by atoms with van der Waals surface area (Å²) < 4.78 is 10.1. The second kappa shape index (κ2) is 5.49. The van der Waals surface area contributed by atoms with E-state index in [-0.39, 0.29) is 24.6 Å². The molecule has 18 heavy (non-hydrogen) atoms. The molecule has 0 fully saturated rings. The molecule has 4 nitrogen and oxygen atoms in total. The maximum absolute atomic E-state index is 11.7. The number of carbonyl (C=O) groups is 2. The van der Waals surface area contributed by atoms with Crippen LogP contribution in [0.1, 0.15) is 12.5 Å². The fourth-order valence-electron chi connectivity index (χ4n) is 1.80. The van der Waals surface area contributed by atoms with Crippen LogP contribution in [0.25, 0.3) is 0 Å². The zero-order valence-corrected chi connectivity index (χ0v) is 10.1. The second-order valence-corrected chi connectivity index (χ2v) is 3.89. The predicted octanol–water partition coefficient (Wildman–Crippen LogP) is 1.65. The Morgan fingerprint density at radius 2 is 2.06 bits per heavy atom. The molecule has 1 heterocycles. The molecule has 1 aromatic carbocycles. The van der Waals surface area contributed by atoms with E-state index in [2.05, 4.69) is 0 Å². The third-order valence-electron chi connectivity index (χ3n) is 2.62. The van der Waals surface area contributed by atoms with Crippen LogP contribution >= 0.6 is 0 Å². The Balaban J connectivity index is 2.23. The van der Waals surface area contributed by atoms with Crippen LogP contribution < -0.4 is 0 Å². The summed E-state index contributed by atoms with van der Waals surface area (Å²) in [6, 6.07) is 9.54. The maximum atomic E-state index is 11.7. The fourth-order valence-corrected chi connectivity index (χ4v) is 1.80. The van der Waals surface area contributed by atoms with E-state index in [1.807, 2.05) is 30.3 Å². The smallest absolute Gasteiger partial charge is 0.345 e. The zero-order valence-electron chi connectivity index (χ0n) is 10.1. The predicted molar refractivity (Wildman–Crippen MR) is 64.8 cm³/mol. The van der Waals surface area contributed by atoms with Gasteiger partial charge in [-0.15, -0.1) is 0 Å². The molecule has 94 valence electrons. The minimum absolute atomic E-state index is 0.0562. The van der Waals surface area contributed by atoms with Crippen molar-refractivity contribution in [3.05, 3.63) is 47.2 Å². The Morgan fingerprint density at radius 1 is 1.33 bits per heavy atom. The van der Waals surface area contributed by atoms with Crippen LogP contribution in [0.2, 0.25) is 0 Å². The highest BCUT2D eigenvalue weighted by molar-refractivity contribution is 6.19. The van der Waals surface area contributed by atoms with Gasteiger partial charge in [-0.2, -0.15) is 0 Å². The number of Topliss-reactive ketones (excluding diaryl/α,β-unsaturated/α-hetero) is 1. The number of allylic oxidation sites excluding steroid dienone is 1. The van der Waals surface area contributed by atoms with E-state index in [0.717, 1.165) is 5.56 Å². The first-order valence-electron chi connectivity index (χ1n) is 5.82. The molecule has 0 radical (unpaired) electrons. The fraction of sp³-hybridized carbons (Fsp3) is 0.286. The molecule has 0 unspecified atom stereocenters. The van der Waals surface area contributed by atoms with Crippen molar-refractivity contribution in [3.8, 4) is 0 Å². The molecule has 1 aliphatic rings. The molecule has 4 heteroatoms. The summed E-state index contributed by atoms with van der Waals surface area (Å²) in [6.45, 7) is 1.88. The van der Waals surface area contributed by atoms with E-state index < -0.39 is 5.97 Å². The van der Waals surface area contributed by atoms with Crippen LogP contribution in [0, 0.1) is 0 Å². The van der Waals surface area contributed by atoms with Crippen molar-refractivity contribution in [1.29, 1.82) is 0 Å². The summed E-state index contributed by atoms with van der Waals surface area (Å²) >= 11 is 0. The highest BCUT2D eigenvalue weighted by Gasteiger charge is 2.31. The number of benzene rings is 1. The Labute approximate surface area is 105 Å². The minimum Gasteiger partial charge on any atom is -0.488 e. The summed E-state index contributed by atoms with van der Waals surface area (Å²) in [6.07, 6.45) is 0.431. The van der Waals surface area contributed by atoms with Gasteiger partial charge in [0.2, 0.25) is 5.78 Å². The van der Waals surface area contributed by atoms with Gasteiger partial charge in [-0.25, -0.2) is 4.79 Å². The topological polar surface area (TPSA) is 52.6 Å². The first-order chi connectivity index (χ1) is 8.72. The molecule has 0 amide bonds. The molecule has 1 aliphatic heterocycles. The molecule has 0 spiro atoms. The van der Waals surface area contributed by atoms with Crippen molar-refractivity contribution in [2.24, 2.45) is 0 Å². The number of rotatable bonds is 4. The van der Waals surface area contributed by atoms with Crippen molar-refractivity contribution < 1.29 is 19.1 Å². The molecule has 1 aromatic rings. The van der Waals surface area contributed by atoms with Gasteiger partial charge in [-0.05, 0) is 12.5 Å².